The van der Waals surface area contributed by atoms with Crippen LogP contribution in [0.2, 0.25) is 5.02 Å². The van der Waals surface area contributed by atoms with Crippen molar-refractivity contribution in [2.75, 3.05) is 13.2 Å². The molecule has 1 nitrogen and oxygen atoms in total. The molecule has 2 rings (SSSR count). The van der Waals surface area contributed by atoms with Crippen LogP contribution in [-0.2, 0) is 12.8 Å². The predicted octanol–water partition coefficient (Wildman–Crippen LogP) is 4.58. The Morgan fingerprint density at radius 1 is 0.955 bits per heavy atom. The Morgan fingerprint density at radius 3 is 2.23 bits per heavy atom. The number of halogens is 3. The highest BCUT2D eigenvalue weighted by atomic mass is 35.5. The van der Waals surface area contributed by atoms with E-state index in [1.54, 1.807) is 12.1 Å². The van der Waals surface area contributed by atoms with Crippen LogP contribution in [0.3, 0.4) is 0 Å². The van der Waals surface area contributed by atoms with E-state index in [0.29, 0.717) is 6.42 Å². The average molecular weight is 324 g/mol. The fourth-order valence-corrected chi connectivity index (χ4v) is 2.46. The van der Waals surface area contributed by atoms with E-state index in [2.05, 4.69) is 5.32 Å². The monoisotopic (exact) mass is 323 g/mol. The molecule has 0 bridgehead atoms. The van der Waals surface area contributed by atoms with Gasteiger partial charge >= 0.3 is 0 Å². The highest BCUT2D eigenvalue weighted by Gasteiger charge is 2.08. The number of aryl methyl sites for hydroxylation is 1. The van der Waals surface area contributed by atoms with E-state index in [1.165, 1.54) is 17.7 Å². The van der Waals surface area contributed by atoms with Gasteiger partial charge in [-0.1, -0.05) is 35.9 Å². The van der Waals surface area contributed by atoms with Crippen LogP contribution in [0.25, 0.3) is 0 Å². The summed E-state index contributed by atoms with van der Waals surface area (Å²) in [7, 11) is 0. The van der Waals surface area contributed by atoms with Crippen molar-refractivity contribution < 1.29 is 8.78 Å². The molecule has 0 aliphatic carbocycles. The number of benzene rings is 2. The molecule has 0 aliphatic rings. The van der Waals surface area contributed by atoms with Crippen LogP contribution < -0.4 is 5.32 Å². The van der Waals surface area contributed by atoms with Gasteiger partial charge < -0.3 is 5.32 Å². The Labute approximate surface area is 135 Å². The fraction of sp³-hybridized carbons (Fsp3) is 0.333. The van der Waals surface area contributed by atoms with Crippen molar-refractivity contribution in [2.45, 2.75) is 25.3 Å². The van der Waals surface area contributed by atoms with Gasteiger partial charge in [0.05, 0.1) is 0 Å². The molecule has 1 atom stereocenters. The summed E-state index contributed by atoms with van der Waals surface area (Å²) in [6.45, 7) is 0.316. The van der Waals surface area contributed by atoms with Crippen LogP contribution in [0.4, 0.5) is 8.78 Å². The zero-order valence-electron chi connectivity index (χ0n) is 12.4. The second-order valence-electron chi connectivity index (χ2n) is 5.37. The summed E-state index contributed by atoms with van der Waals surface area (Å²) in [6.07, 6.45) is 2.43. The third-order valence-corrected chi connectivity index (χ3v) is 3.82. The van der Waals surface area contributed by atoms with Crippen molar-refractivity contribution in [3.8, 4) is 0 Å². The first-order chi connectivity index (χ1) is 10.7. The maximum atomic E-state index is 13.1. The fourth-order valence-electron chi connectivity index (χ4n) is 2.34. The maximum absolute atomic E-state index is 13.1. The molecule has 0 saturated heterocycles. The molecular formula is C18H20ClF2N. The minimum Gasteiger partial charge on any atom is -0.311 e. The Balaban J connectivity index is 1.71. The van der Waals surface area contributed by atoms with E-state index >= 15 is 0 Å². The van der Waals surface area contributed by atoms with E-state index in [0.717, 1.165) is 30.0 Å². The largest absolute Gasteiger partial charge is 0.311 e. The standard InChI is InChI=1S/C18H20ClF2N/c19-16-7-3-14(4-8-16)2-1-11-22-18(13-20)12-15-5-9-17(21)10-6-15/h3-10,18,22H,1-2,11-13H2. The number of rotatable bonds is 8. The normalized spacial score (nSPS) is 12.3. The SMILES string of the molecule is FCC(Cc1ccc(F)cc1)NCCCc1ccc(Cl)cc1. The van der Waals surface area contributed by atoms with Crippen molar-refractivity contribution in [3.05, 3.63) is 70.5 Å². The van der Waals surface area contributed by atoms with Crippen molar-refractivity contribution in [1.29, 1.82) is 0 Å². The molecule has 0 aromatic heterocycles. The molecule has 0 radical (unpaired) electrons. The van der Waals surface area contributed by atoms with Crippen LogP contribution in [0, 0.1) is 5.82 Å². The van der Waals surface area contributed by atoms with E-state index in [1.807, 2.05) is 24.3 Å². The lowest BCUT2D eigenvalue weighted by Crippen LogP contribution is -2.34. The van der Waals surface area contributed by atoms with Crippen LogP contribution in [0.15, 0.2) is 48.5 Å². The first kappa shape index (κ1) is 16.9. The third kappa shape index (κ3) is 5.74. The second-order valence-corrected chi connectivity index (χ2v) is 5.80. The molecule has 4 heteroatoms. The molecule has 2 aromatic carbocycles. The first-order valence-corrected chi connectivity index (χ1v) is 7.83. The molecule has 1 N–H and O–H groups in total. The lowest BCUT2D eigenvalue weighted by molar-refractivity contribution is 0.371. The zero-order valence-corrected chi connectivity index (χ0v) is 13.1. The van der Waals surface area contributed by atoms with Crippen LogP contribution in [0.1, 0.15) is 17.5 Å². The minimum absolute atomic E-state index is 0.226. The summed E-state index contributed by atoms with van der Waals surface area (Å²) >= 11 is 5.84. The van der Waals surface area contributed by atoms with E-state index in [9.17, 15) is 8.78 Å². The lowest BCUT2D eigenvalue weighted by Gasteiger charge is -2.15. The Hall–Kier alpha value is -1.45. The van der Waals surface area contributed by atoms with E-state index in [4.69, 9.17) is 11.6 Å². The summed E-state index contributed by atoms with van der Waals surface area (Å²) < 4.78 is 25.9. The van der Waals surface area contributed by atoms with Gasteiger partial charge in [0.15, 0.2) is 0 Å². The summed E-state index contributed by atoms with van der Waals surface area (Å²) in [4.78, 5) is 0. The van der Waals surface area contributed by atoms with Gasteiger partial charge in [0.25, 0.3) is 0 Å². The highest BCUT2D eigenvalue weighted by molar-refractivity contribution is 6.30. The van der Waals surface area contributed by atoms with Crippen molar-refractivity contribution >= 4 is 11.6 Å². The Morgan fingerprint density at radius 2 is 1.59 bits per heavy atom. The van der Waals surface area contributed by atoms with Gasteiger partial charge in [-0.25, -0.2) is 8.78 Å². The molecule has 0 heterocycles. The van der Waals surface area contributed by atoms with Crippen LogP contribution >= 0.6 is 11.6 Å². The van der Waals surface area contributed by atoms with Crippen molar-refractivity contribution in [2.24, 2.45) is 0 Å². The Kier molecular flexibility index (Phi) is 6.81. The van der Waals surface area contributed by atoms with Crippen LogP contribution in [0.5, 0.6) is 0 Å². The molecule has 0 spiro atoms. The molecule has 0 fully saturated rings. The van der Waals surface area contributed by atoms with Gasteiger partial charge in [0.2, 0.25) is 0 Å². The molecule has 0 amide bonds. The van der Waals surface area contributed by atoms with E-state index < -0.39 is 6.67 Å². The van der Waals surface area contributed by atoms with Gasteiger partial charge in [-0.05, 0) is 61.2 Å². The molecule has 0 aliphatic heterocycles. The quantitative estimate of drug-likeness (QED) is 0.701. The smallest absolute Gasteiger partial charge is 0.123 e. The maximum Gasteiger partial charge on any atom is 0.123 e. The third-order valence-electron chi connectivity index (χ3n) is 3.57. The zero-order chi connectivity index (χ0) is 15.8. The molecule has 1 unspecified atom stereocenters. The van der Waals surface area contributed by atoms with Gasteiger partial charge in [-0.15, -0.1) is 0 Å². The van der Waals surface area contributed by atoms with E-state index in [-0.39, 0.29) is 11.9 Å². The van der Waals surface area contributed by atoms with Crippen molar-refractivity contribution in [3.63, 3.8) is 0 Å². The summed E-state index contributed by atoms with van der Waals surface area (Å²) in [5.41, 5.74) is 2.16. The highest BCUT2D eigenvalue weighted by Crippen LogP contribution is 2.11. The summed E-state index contributed by atoms with van der Waals surface area (Å²) in [5, 5.41) is 3.95. The summed E-state index contributed by atoms with van der Waals surface area (Å²) in [5.74, 6) is -0.267. The minimum atomic E-state index is -0.432. The molecular weight excluding hydrogens is 304 g/mol. The predicted molar refractivity (Wildman–Crippen MR) is 87.6 cm³/mol. The molecule has 0 saturated carbocycles. The second kappa shape index (κ2) is 8.86. The van der Waals surface area contributed by atoms with Crippen LogP contribution in [-0.4, -0.2) is 19.3 Å². The first-order valence-electron chi connectivity index (χ1n) is 7.45. The Bertz CT molecular complexity index is 554. The average Bonchev–Trinajstić information content (AvgIpc) is 2.54. The van der Waals surface area contributed by atoms with Gasteiger partial charge in [0, 0.05) is 11.1 Å². The topological polar surface area (TPSA) is 12.0 Å². The lowest BCUT2D eigenvalue weighted by atomic mass is 10.1. The number of hydrogen-bond acceptors (Lipinski definition) is 1. The molecule has 2 aromatic rings. The number of alkyl halides is 1. The van der Waals surface area contributed by atoms with Gasteiger partial charge in [0.1, 0.15) is 12.5 Å². The number of nitrogens with one attached hydrogen (secondary N) is 1. The van der Waals surface area contributed by atoms with Gasteiger partial charge in [-0.2, -0.15) is 0 Å². The number of hydrogen-bond donors (Lipinski definition) is 1. The molecule has 22 heavy (non-hydrogen) atoms. The summed E-state index contributed by atoms with van der Waals surface area (Å²) in [6, 6.07) is 13.8. The van der Waals surface area contributed by atoms with Gasteiger partial charge in [-0.3, -0.25) is 0 Å². The molecule has 118 valence electrons. The van der Waals surface area contributed by atoms with Crippen molar-refractivity contribution in [1.82, 2.24) is 5.32 Å².